The number of aryl methyl sites for hydroxylation is 1. The van der Waals surface area contributed by atoms with Crippen molar-refractivity contribution >= 4 is 28.2 Å². The zero-order chi connectivity index (χ0) is 21.8. The van der Waals surface area contributed by atoms with Crippen LogP contribution >= 0.6 is 0 Å². The Morgan fingerprint density at radius 1 is 0.935 bits per heavy atom. The Morgan fingerprint density at radius 3 is 2.42 bits per heavy atom. The molecule has 4 rings (SSSR count). The molecule has 0 radical (unpaired) electrons. The van der Waals surface area contributed by atoms with Crippen molar-refractivity contribution in [2.45, 2.75) is 19.4 Å². The number of carbonyl (C=O) groups excluding carboxylic acids is 1. The number of nitrogens with one attached hydrogen (secondary N) is 2. The monoisotopic (exact) mass is 414 g/mol. The number of nitrogens with zero attached hydrogens (tertiary/aromatic N) is 1. The molecular formula is C24H22N4O3. The topological polar surface area (TPSA) is 110 Å². The summed E-state index contributed by atoms with van der Waals surface area (Å²) in [6.07, 6.45) is 1.29. The molecule has 31 heavy (non-hydrogen) atoms. The first-order chi connectivity index (χ1) is 15.0. The van der Waals surface area contributed by atoms with Gasteiger partial charge in [0, 0.05) is 12.1 Å². The number of H-pyrrole nitrogens is 1. The number of hydrogen-bond donors (Lipinski definition) is 3. The number of amides is 1. The van der Waals surface area contributed by atoms with Crippen LogP contribution in [0, 0.1) is 0 Å². The predicted octanol–water partition coefficient (Wildman–Crippen LogP) is 3.16. The quantitative estimate of drug-likeness (QED) is 0.421. The van der Waals surface area contributed by atoms with Crippen LogP contribution in [0.3, 0.4) is 0 Å². The van der Waals surface area contributed by atoms with E-state index in [-0.39, 0.29) is 11.5 Å². The van der Waals surface area contributed by atoms with Gasteiger partial charge in [-0.1, -0.05) is 36.4 Å². The second-order valence-electron chi connectivity index (χ2n) is 7.27. The van der Waals surface area contributed by atoms with Crippen LogP contribution in [-0.4, -0.2) is 15.5 Å². The zero-order valence-electron chi connectivity index (χ0n) is 16.8. The van der Waals surface area contributed by atoms with Crippen molar-refractivity contribution in [2.24, 2.45) is 0 Å². The van der Waals surface area contributed by atoms with Gasteiger partial charge in [0.2, 0.25) is 0 Å². The fraction of sp³-hybridized carbons (Fsp3) is 0.125. The second kappa shape index (κ2) is 8.71. The average molecular weight is 414 g/mol. The molecule has 0 fully saturated rings. The largest absolute Gasteiger partial charge is 0.397 e. The van der Waals surface area contributed by atoms with Crippen LogP contribution in [0.2, 0.25) is 0 Å². The van der Waals surface area contributed by atoms with Crippen LogP contribution in [0.25, 0.3) is 10.9 Å². The number of carbonyl (C=O) groups is 1. The van der Waals surface area contributed by atoms with Gasteiger partial charge in [-0.3, -0.25) is 14.2 Å². The Kier molecular flexibility index (Phi) is 5.66. The number of benzene rings is 3. The van der Waals surface area contributed by atoms with Crippen LogP contribution in [0.5, 0.6) is 0 Å². The van der Waals surface area contributed by atoms with Crippen LogP contribution in [0.1, 0.15) is 22.3 Å². The standard InChI is InChI=1S/C24H22N4O3/c25-19-8-2-4-10-21(19)26-22(29)17-13-11-16(12-14-17)6-5-15-28-23(30)18-7-1-3-9-20(18)27-24(28)31/h1-4,7-14H,5-6,15,25H2,(H,26,29)(H,27,31). The Hall–Kier alpha value is -4.13. The highest BCUT2D eigenvalue weighted by Crippen LogP contribution is 2.18. The molecule has 0 unspecified atom stereocenters. The first-order valence-electron chi connectivity index (χ1n) is 9.99. The van der Waals surface area contributed by atoms with E-state index in [9.17, 15) is 14.4 Å². The first-order valence-corrected chi connectivity index (χ1v) is 9.99. The van der Waals surface area contributed by atoms with Crippen LogP contribution in [0.15, 0.2) is 82.4 Å². The Balaban J connectivity index is 1.40. The van der Waals surface area contributed by atoms with E-state index in [1.54, 1.807) is 60.7 Å². The summed E-state index contributed by atoms with van der Waals surface area (Å²) in [5, 5.41) is 3.29. The summed E-state index contributed by atoms with van der Waals surface area (Å²) in [4.78, 5) is 40.0. The molecule has 3 aromatic carbocycles. The number of fused-ring (bicyclic) bond motifs is 1. The molecule has 7 nitrogen and oxygen atoms in total. The molecule has 4 aromatic rings. The number of nitrogens with two attached hydrogens (primary N) is 1. The third-order valence-corrected chi connectivity index (χ3v) is 5.16. The van der Waals surface area contributed by atoms with Gasteiger partial charge in [-0.2, -0.15) is 0 Å². The summed E-state index contributed by atoms with van der Waals surface area (Å²) in [7, 11) is 0. The minimum atomic E-state index is -0.407. The minimum absolute atomic E-state index is 0.237. The van der Waals surface area contributed by atoms with Gasteiger partial charge in [0.05, 0.1) is 22.3 Å². The molecule has 156 valence electrons. The van der Waals surface area contributed by atoms with E-state index in [1.807, 2.05) is 12.1 Å². The van der Waals surface area contributed by atoms with Gasteiger partial charge < -0.3 is 16.0 Å². The Bertz CT molecular complexity index is 1350. The molecule has 0 aliphatic heterocycles. The lowest BCUT2D eigenvalue weighted by atomic mass is 10.1. The van der Waals surface area contributed by atoms with Gasteiger partial charge in [-0.15, -0.1) is 0 Å². The molecule has 0 aliphatic rings. The number of aromatic nitrogens is 2. The highest BCUT2D eigenvalue weighted by Gasteiger charge is 2.09. The second-order valence-corrected chi connectivity index (χ2v) is 7.27. The summed E-state index contributed by atoms with van der Waals surface area (Å²) in [6.45, 7) is 0.314. The van der Waals surface area contributed by atoms with Crippen molar-refractivity contribution in [1.82, 2.24) is 9.55 Å². The summed E-state index contributed by atoms with van der Waals surface area (Å²) in [5.41, 5.74) is 8.33. The van der Waals surface area contributed by atoms with E-state index >= 15 is 0 Å². The predicted molar refractivity (Wildman–Crippen MR) is 122 cm³/mol. The van der Waals surface area contributed by atoms with Crippen molar-refractivity contribution < 1.29 is 4.79 Å². The van der Waals surface area contributed by atoms with E-state index in [4.69, 9.17) is 5.73 Å². The van der Waals surface area contributed by atoms with Crippen LogP contribution in [-0.2, 0) is 13.0 Å². The molecule has 1 aromatic heterocycles. The zero-order valence-corrected chi connectivity index (χ0v) is 16.8. The molecule has 0 spiro atoms. The minimum Gasteiger partial charge on any atom is -0.397 e. The van der Waals surface area contributed by atoms with Gasteiger partial charge in [0.15, 0.2) is 0 Å². The number of aromatic amines is 1. The van der Waals surface area contributed by atoms with Gasteiger partial charge >= 0.3 is 5.69 Å². The van der Waals surface area contributed by atoms with Crippen molar-refractivity contribution in [3.8, 4) is 0 Å². The lowest BCUT2D eigenvalue weighted by Crippen LogP contribution is -2.35. The van der Waals surface area contributed by atoms with Gasteiger partial charge in [0.25, 0.3) is 11.5 Å². The molecule has 1 amide bonds. The van der Waals surface area contributed by atoms with Crippen molar-refractivity contribution in [3.05, 3.63) is 105 Å². The van der Waals surface area contributed by atoms with Crippen LogP contribution in [0.4, 0.5) is 11.4 Å². The molecule has 0 aliphatic carbocycles. The van der Waals surface area contributed by atoms with Crippen molar-refractivity contribution in [2.75, 3.05) is 11.1 Å². The van der Waals surface area contributed by atoms with Crippen LogP contribution < -0.4 is 22.3 Å². The maximum atomic E-state index is 12.6. The molecule has 7 heteroatoms. The Morgan fingerprint density at radius 2 is 1.65 bits per heavy atom. The molecule has 0 bridgehead atoms. The normalized spacial score (nSPS) is 10.8. The number of nitrogen functional groups attached to an aromatic ring is 1. The summed E-state index contributed by atoms with van der Waals surface area (Å²) >= 11 is 0. The fourth-order valence-corrected chi connectivity index (χ4v) is 3.47. The van der Waals surface area contributed by atoms with E-state index < -0.39 is 5.69 Å². The Labute approximate surface area is 178 Å². The highest BCUT2D eigenvalue weighted by atomic mass is 16.2. The summed E-state index contributed by atoms with van der Waals surface area (Å²) < 4.78 is 1.23. The lowest BCUT2D eigenvalue weighted by molar-refractivity contribution is 0.102. The lowest BCUT2D eigenvalue weighted by Gasteiger charge is -2.09. The van der Waals surface area contributed by atoms with E-state index in [2.05, 4.69) is 10.3 Å². The third kappa shape index (κ3) is 4.40. The smallest absolute Gasteiger partial charge is 0.328 e. The third-order valence-electron chi connectivity index (χ3n) is 5.16. The maximum Gasteiger partial charge on any atom is 0.328 e. The number of rotatable bonds is 6. The highest BCUT2D eigenvalue weighted by molar-refractivity contribution is 6.05. The molecular weight excluding hydrogens is 392 g/mol. The fourth-order valence-electron chi connectivity index (χ4n) is 3.47. The van der Waals surface area contributed by atoms with Gasteiger partial charge in [0.1, 0.15) is 0 Å². The van der Waals surface area contributed by atoms with Gasteiger partial charge in [-0.05, 0) is 54.8 Å². The average Bonchev–Trinajstić information content (AvgIpc) is 2.78. The van der Waals surface area contributed by atoms with Crippen molar-refractivity contribution in [3.63, 3.8) is 0 Å². The SMILES string of the molecule is Nc1ccccc1NC(=O)c1ccc(CCCn2c(=O)[nH]c3ccccc3c2=O)cc1. The van der Waals surface area contributed by atoms with E-state index in [0.29, 0.717) is 47.2 Å². The van der Waals surface area contributed by atoms with E-state index in [1.165, 1.54) is 4.57 Å². The van der Waals surface area contributed by atoms with E-state index in [0.717, 1.165) is 5.56 Å². The molecule has 0 saturated carbocycles. The number of anilines is 2. The molecule has 0 atom stereocenters. The first kappa shape index (κ1) is 20.2. The number of para-hydroxylation sites is 3. The molecule has 0 saturated heterocycles. The molecule has 1 heterocycles. The molecule has 4 N–H and O–H groups in total. The number of hydrogen-bond acceptors (Lipinski definition) is 4. The summed E-state index contributed by atoms with van der Waals surface area (Å²) in [6, 6.07) is 21.3. The van der Waals surface area contributed by atoms with Gasteiger partial charge in [-0.25, -0.2) is 4.79 Å². The van der Waals surface area contributed by atoms with Crippen molar-refractivity contribution in [1.29, 1.82) is 0 Å². The maximum absolute atomic E-state index is 12.6. The summed E-state index contributed by atoms with van der Waals surface area (Å²) in [5.74, 6) is -0.237.